The summed E-state index contributed by atoms with van der Waals surface area (Å²) in [7, 11) is 0. The molecule has 0 saturated carbocycles. The Labute approximate surface area is 173 Å². The maximum Gasteiger partial charge on any atom is 0.129 e. The minimum Gasteiger partial charge on any atom is -0.507 e. The lowest BCUT2D eigenvalue weighted by atomic mass is 9.59. The molecule has 0 radical (unpaired) electrons. The fourth-order valence-electron chi connectivity index (χ4n) is 5.35. The van der Waals surface area contributed by atoms with E-state index in [1.807, 2.05) is 6.07 Å². The number of benzene rings is 2. The monoisotopic (exact) mass is 389 g/mol. The summed E-state index contributed by atoms with van der Waals surface area (Å²) in [4.78, 5) is 4.64. The van der Waals surface area contributed by atoms with Gasteiger partial charge in [0, 0.05) is 28.3 Å². The summed E-state index contributed by atoms with van der Waals surface area (Å²) >= 11 is 0. The molecular formula is C26H31NO2. The van der Waals surface area contributed by atoms with Crippen molar-refractivity contribution in [2.45, 2.75) is 66.2 Å². The van der Waals surface area contributed by atoms with Crippen molar-refractivity contribution in [1.82, 2.24) is 4.98 Å². The number of aromatic nitrogens is 1. The topological polar surface area (TPSA) is 53.4 Å². The SMILES string of the molecule is Cc1cc(C)cc(-c2nccc3c(O)c4c(c(O)c23)C(C)(C)C(C)(C)C4(C)C)c1. The molecule has 1 heterocycles. The van der Waals surface area contributed by atoms with E-state index in [1.54, 1.807) is 6.20 Å². The Balaban J connectivity index is 2.19. The van der Waals surface area contributed by atoms with Gasteiger partial charge in [-0.2, -0.15) is 0 Å². The molecule has 3 heteroatoms. The Morgan fingerprint density at radius 3 is 1.83 bits per heavy atom. The van der Waals surface area contributed by atoms with Crippen LogP contribution >= 0.6 is 0 Å². The van der Waals surface area contributed by atoms with Gasteiger partial charge in [0.1, 0.15) is 11.5 Å². The van der Waals surface area contributed by atoms with Crippen LogP contribution in [0.3, 0.4) is 0 Å². The maximum absolute atomic E-state index is 11.6. The van der Waals surface area contributed by atoms with Crippen LogP contribution in [0.25, 0.3) is 22.0 Å². The third-order valence-electron chi connectivity index (χ3n) is 8.04. The Morgan fingerprint density at radius 1 is 0.759 bits per heavy atom. The third kappa shape index (κ3) is 2.33. The standard InChI is InChI=1S/C26H31NO2/c1-14-11-15(2)13-16(12-14)21-18-17(9-10-27-21)22(28)19-20(23(18)29)25(5,6)26(7,8)24(19,3)4/h9-13,28-29H,1-8H3. The molecule has 0 atom stereocenters. The van der Waals surface area contributed by atoms with Crippen LogP contribution in [0, 0.1) is 19.3 Å². The summed E-state index contributed by atoms with van der Waals surface area (Å²) in [6.45, 7) is 17.2. The summed E-state index contributed by atoms with van der Waals surface area (Å²) < 4.78 is 0. The normalized spacial score (nSPS) is 18.8. The lowest BCUT2D eigenvalue weighted by molar-refractivity contribution is 0.123. The van der Waals surface area contributed by atoms with Gasteiger partial charge in [-0.1, -0.05) is 58.7 Å². The van der Waals surface area contributed by atoms with Gasteiger partial charge in [-0.15, -0.1) is 0 Å². The van der Waals surface area contributed by atoms with Gasteiger partial charge in [0.25, 0.3) is 0 Å². The fourth-order valence-corrected chi connectivity index (χ4v) is 5.35. The number of hydrogen-bond acceptors (Lipinski definition) is 3. The minimum absolute atomic E-state index is 0.164. The van der Waals surface area contributed by atoms with E-state index in [4.69, 9.17) is 0 Å². The second kappa shape index (κ2) is 5.75. The first-order chi connectivity index (χ1) is 13.3. The number of rotatable bonds is 1. The van der Waals surface area contributed by atoms with E-state index in [0.717, 1.165) is 27.8 Å². The second-order valence-electron chi connectivity index (χ2n) is 10.3. The molecular weight excluding hydrogens is 358 g/mol. The van der Waals surface area contributed by atoms with Crippen molar-refractivity contribution in [3.63, 3.8) is 0 Å². The van der Waals surface area contributed by atoms with Crippen molar-refractivity contribution in [1.29, 1.82) is 0 Å². The second-order valence-corrected chi connectivity index (χ2v) is 10.3. The lowest BCUT2D eigenvalue weighted by Crippen LogP contribution is -2.42. The highest BCUT2D eigenvalue weighted by Crippen LogP contribution is 2.67. The molecule has 1 aliphatic rings. The van der Waals surface area contributed by atoms with Crippen LogP contribution in [0.4, 0.5) is 0 Å². The van der Waals surface area contributed by atoms with Crippen LogP contribution in [0.2, 0.25) is 0 Å². The zero-order valence-electron chi connectivity index (χ0n) is 18.7. The fraction of sp³-hybridized carbons (Fsp3) is 0.423. The largest absolute Gasteiger partial charge is 0.507 e. The molecule has 0 saturated heterocycles. The van der Waals surface area contributed by atoms with Crippen molar-refractivity contribution in [2.75, 3.05) is 0 Å². The number of fused-ring (bicyclic) bond motifs is 2. The number of nitrogens with zero attached hydrogens (tertiary/aromatic N) is 1. The summed E-state index contributed by atoms with van der Waals surface area (Å²) in [6.07, 6.45) is 1.72. The van der Waals surface area contributed by atoms with Gasteiger partial charge in [-0.05, 0) is 48.3 Å². The number of phenols is 2. The van der Waals surface area contributed by atoms with E-state index in [1.165, 1.54) is 0 Å². The van der Waals surface area contributed by atoms with Crippen molar-refractivity contribution in [3.8, 4) is 22.8 Å². The first-order valence-electron chi connectivity index (χ1n) is 10.3. The Bertz CT molecular complexity index is 1150. The highest BCUT2D eigenvalue weighted by atomic mass is 16.3. The number of pyridine rings is 1. The predicted octanol–water partition coefficient (Wildman–Crippen LogP) is 6.52. The maximum atomic E-state index is 11.6. The van der Waals surface area contributed by atoms with Gasteiger partial charge in [-0.3, -0.25) is 4.98 Å². The molecule has 4 rings (SSSR count). The van der Waals surface area contributed by atoms with Crippen LogP contribution in [0.15, 0.2) is 30.5 Å². The van der Waals surface area contributed by atoms with Crippen molar-refractivity contribution in [2.24, 2.45) is 5.41 Å². The highest BCUT2D eigenvalue weighted by Gasteiger charge is 2.59. The van der Waals surface area contributed by atoms with Gasteiger partial charge < -0.3 is 10.2 Å². The molecule has 2 N–H and O–H groups in total. The molecule has 0 fully saturated rings. The third-order valence-corrected chi connectivity index (χ3v) is 8.04. The van der Waals surface area contributed by atoms with Gasteiger partial charge in [-0.25, -0.2) is 0 Å². The summed E-state index contributed by atoms with van der Waals surface area (Å²) in [6, 6.07) is 8.10. The first kappa shape index (κ1) is 19.8. The molecule has 2 aromatic carbocycles. The number of phenolic OH excluding ortho intramolecular Hbond substituents is 2. The summed E-state index contributed by atoms with van der Waals surface area (Å²) in [5.41, 5.74) is 4.87. The predicted molar refractivity (Wildman–Crippen MR) is 120 cm³/mol. The molecule has 3 aromatic rings. The molecule has 0 aliphatic heterocycles. The first-order valence-corrected chi connectivity index (χ1v) is 10.3. The van der Waals surface area contributed by atoms with Crippen LogP contribution < -0.4 is 0 Å². The van der Waals surface area contributed by atoms with Crippen LogP contribution in [-0.4, -0.2) is 15.2 Å². The molecule has 0 spiro atoms. The van der Waals surface area contributed by atoms with Gasteiger partial charge in [0.2, 0.25) is 0 Å². The molecule has 3 nitrogen and oxygen atoms in total. The zero-order chi connectivity index (χ0) is 21.5. The van der Waals surface area contributed by atoms with Gasteiger partial charge >= 0.3 is 0 Å². The number of hydrogen-bond donors (Lipinski definition) is 2. The minimum atomic E-state index is -0.322. The van der Waals surface area contributed by atoms with Crippen LogP contribution in [-0.2, 0) is 10.8 Å². The average molecular weight is 390 g/mol. The van der Waals surface area contributed by atoms with Gasteiger partial charge in [0.15, 0.2) is 0 Å². The quantitative estimate of drug-likeness (QED) is 0.466. The van der Waals surface area contributed by atoms with Crippen LogP contribution in [0.5, 0.6) is 11.5 Å². The molecule has 0 amide bonds. The van der Waals surface area contributed by atoms with Gasteiger partial charge in [0.05, 0.1) is 11.1 Å². The van der Waals surface area contributed by atoms with Crippen molar-refractivity contribution < 1.29 is 10.2 Å². The molecule has 0 bridgehead atoms. The van der Waals surface area contributed by atoms with E-state index >= 15 is 0 Å². The van der Waals surface area contributed by atoms with E-state index in [-0.39, 0.29) is 27.7 Å². The number of aromatic hydroxyl groups is 2. The van der Waals surface area contributed by atoms with Crippen molar-refractivity contribution >= 4 is 10.8 Å². The average Bonchev–Trinajstić information content (AvgIpc) is 2.72. The van der Waals surface area contributed by atoms with Crippen molar-refractivity contribution in [3.05, 3.63) is 52.7 Å². The molecule has 1 aromatic heterocycles. The highest BCUT2D eigenvalue weighted by molar-refractivity contribution is 6.04. The zero-order valence-corrected chi connectivity index (χ0v) is 18.7. The summed E-state index contributed by atoms with van der Waals surface area (Å²) in [5.74, 6) is 0.517. The molecule has 1 aliphatic carbocycles. The molecule has 0 unspecified atom stereocenters. The Hall–Kier alpha value is -2.55. The Kier molecular flexibility index (Phi) is 3.91. The summed E-state index contributed by atoms with van der Waals surface area (Å²) in [5, 5.41) is 24.4. The van der Waals surface area contributed by atoms with E-state index in [0.29, 0.717) is 16.5 Å². The number of aryl methyl sites for hydroxylation is 2. The molecule has 152 valence electrons. The Morgan fingerprint density at radius 2 is 1.28 bits per heavy atom. The van der Waals surface area contributed by atoms with Crippen LogP contribution in [0.1, 0.15) is 63.8 Å². The molecule has 29 heavy (non-hydrogen) atoms. The van der Waals surface area contributed by atoms with E-state index in [9.17, 15) is 10.2 Å². The smallest absolute Gasteiger partial charge is 0.129 e. The lowest BCUT2D eigenvalue weighted by Gasteiger charge is -2.44. The van der Waals surface area contributed by atoms with E-state index < -0.39 is 0 Å². The van der Waals surface area contributed by atoms with E-state index in [2.05, 4.69) is 78.6 Å².